The van der Waals surface area contributed by atoms with E-state index in [1.165, 1.54) is 15.7 Å². The van der Waals surface area contributed by atoms with Gasteiger partial charge in [-0.2, -0.15) is 0 Å². The van der Waals surface area contributed by atoms with Crippen molar-refractivity contribution in [2.45, 2.75) is 72.9 Å². The van der Waals surface area contributed by atoms with Crippen LogP contribution in [0.25, 0.3) is 0 Å². The number of nitrogens with one attached hydrogen (secondary N) is 1. The largest absolute Gasteiger partial charge is 0.346 e. The molecule has 1 aromatic rings. The minimum absolute atomic E-state index is 0.106. The summed E-state index contributed by atoms with van der Waals surface area (Å²) in [6, 6.07) is 0.547. The molecule has 0 aliphatic carbocycles. The summed E-state index contributed by atoms with van der Waals surface area (Å²) in [4.78, 5) is 8.79. The van der Waals surface area contributed by atoms with Gasteiger partial charge in [0.1, 0.15) is 0 Å². The Bertz CT molecular complexity index is 406. The molecule has 1 rings (SSSR count). The highest BCUT2D eigenvalue weighted by Crippen LogP contribution is 2.34. The first-order chi connectivity index (χ1) is 9.35. The molecule has 0 radical (unpaired) electrons. The molecule has 0 spiro atoms. The lowest BCUT2D eigenvalue weighted by atomic mass is 9.91. The van der Waals surface area contributed by atoms with E-state index in [0.717, 1.165) is 26.1 Å². The highest BCUT2D eigenvalue weighted by Gasteiger charge is 2.25. The van der Waals surface area contributed by atoms with Crippen molar-refractivity contribution in [3.8, 4) is 0 Å². The first kappa shape index (κ1) is 17.4. The van der Waals surface area contributed by atoms with Gasteiger partial charge < -0.3 is 10.2 Å². The Balaban J connectivity index is 3.12. The van der Waals surface area contributed by atoms with E-state index in [-0.39, 0.29) is 5.41 Å². The smallest absolute Gasteiger partial charge is 0.186 e. The van der Waals surface area contributed by atoms with E-state index in [4.69, 9.17) is 4.98 Å². The molecule has 0 amide bonds. The number of aromatic nitrogens is 1. The second-order valence-electron chi connectivity index (χ2n) is 6.34. The maximum absolute atomic E-state index is 4.98. The molecule has 0 saturated carbocycles. The number of rotatable bonds is 7. The highest BCUT2D eigenvalue weighted by molar-refractivity contribution is 7.15. The summed E-state index contributed by atoms with van der Waals surface area (Å²) in [5.41, 5.74) is 1.36. The fourth-order valence-electron chi connectivity index (χ4n) is 2.26. The zero-order chi connectivity index (χ0) is 15.3. The second kappa shape index (κ2) is 7.41. The zero-order valence-electron chi connectivity index (χ0n) is 14.2. The van der Waals surface area contributed by atoms with E-state index < -0.39 is 0 Å². The monoisotopic (exact) mass is 297 g/mol. The van der Waals surface area contributed by atoms with Crippen molar-refractivity contribution >= 4 is 16.5 Å². The first-order valence-corrected chi connectivity index (χ1v) is 8.64. The Hall–Kier alpha value is -0.610. The fourth-order valence-corrected chi connectivity index (χ4v) is 3.67. The molecular formula is C16H31N3S. The van der Waals surface area contributed by atoms with Crippen molar-refractivity contribution in [1.29, 1.82) is 0 Å². The molecule has 3 nitrogen and oxygen atoms in total. The number of nitrogens with zero attached hydrogens (tertiary/aromatic N) is 2. The lowest BCUT2D eigenvalue weighted by Gasteiger charge is -2.26. The summed E-state index contributed by atoms with van der Waals surface area (Å²) in [5, 5.41) is 4.62. The Morgan fingerprint density at radius 2 is 1.90 bits per heavy atom. The van der Waals surface area contributed by atoms with Crippen LogP contribution in [0.2, 0.25) is 0 Å². The molecule has 0 aromatic carbocycles. The lowest BCUT2D eigenvalue weighted by Crippen LogP contribution is -2.32. The van der Waals surface area contributed by atoms with E-state index in [0.29, 0.717) is 6.04 Å². The van der Waals surface area contributed by atoms with Crippen LogP contribution in [0, 0.1) is 0 Å². The third-order valence-corrected chi connectivity index (χ3v) is 4.73. The molecule has 4 heteroatoms. The summed E-state index contributed by atoms with van der Waals surface area (Å²) in [6.07, 6.45) is 1.15. The minimum atomic E-state index is 0.106. The third-order valence-electron chi connectivity index (χ3n) is 3.64. The Morgan fingerprint density at radius 3 is 2.35 bits per heavy atom. The van der Waals surface area contributed by atoms with Crippen molar-refractivity contribution in [3.05, 3.63) is 10.6 Å². The van der Waals surface area contributed by atoms with Crippen LogP contribution in [-0.2, 0) is 12.0 Å². The quantitative estimate of drug-likeness (QED) is 0.818. The van der Waals surface area contributed by atoms with Crippen LogP contribution in [0.15, 0.2) is 0 Å². The average molecular weight is 298 g/mol. The Kier molecular flexibility index (Phi) is 6.46. The van der Waals surface area contributed by atoms with Gasteiger partial charge in [0, 0.05) is 29.4 Å². The van der Waals surface area contributed by atoms with Crippen molar-refractivity contribution in [1.82, 2.24) is 10.3 Å². The van der Waals surface area contributed by atoms with E-state index >= 15 is 0 Å². The van der Waals surface area contributed by atoms with Crippen LogP contribution in [0.5, 0.6) is 0 Å². The van der Waals surface area contributed by atoms with Crippen LogP contribution >= 0.6 is 11.3 Å². The first-order valence-electron chi connectivity index (χ1n) is 7.82. The zero-order valence-corrected chi connectivity index (χ0v) is 15.0. The van der Waals surface area contributed by atoms with Gasteiger partial charge in [0.05, 0.1) is 5.69 Å². The van der Waals surface area contributed by atoms with Gasteiger partial charge in [0.15, 0.2) is 5.13 Å². The van der Waals surface area contributed by atoms with Gasteiger partial charge >= 0.3 is 0 Å². The molecule has 1 heterocycles. The standard InChI is InChI=1S/C16H31N3S/c1-8-12(4)19(10-3)15-18-14(16(5,6)7)13(20-15)11-17-9-2/h12,17H,8-11H2,1-7H3. The molecule has 0 aliphatic heterocycles. The van der Waals surface area contributed by atoms with Gasteiger partial charge in [0.2, 0.25) is 0 Å². The Morgan fingerprint density at radius 1 is 1.25 bits per heavy atom. The summed E-state index contributed by atoms with van der Waals surface area (Å²) in [6.45, 7) is 18.6. The van der Waals surface area contributed by atoms with Crippen LogP contribution in [0.1, 0.15) is 65.5 Å². The predicted octanol–water partition coefficient (Wildman–Crippen LogP) is 4.17. The van der Waals surface area contributed by atoms with Crippen molar-refractivity contribution < 1.29 is 0 Å². The van der Waals surface area contributed by atoms with Crippen LogP contribution in [0.4, 0.5) is 5.13 Å². The topological polar surface area (TPSA) is 28.2 Å². The summed E-state index contributed by atoms with van der Waals surface area (Å²) < 4.78 is 0. The molecule has 1 atom stereocenters. The molecule has 116 valence electrons. The number of hydrogen-bond acceptors (Lipinski definition) is 4. The highest BCUT2D eigenvalue weighted by atomic mass is 32.1. The van der Waals surface area contributed by atoms with Crippen molar-refractivity contribution in [2.24, 2.45) is 0 Å². The molecular weight excluding hydrogens is 266 g/mol. The maximum Gasteiger partial charge on any atom is 0.186 e. The van der Waals surface area contributed by atoms with Crippen molar-refractivity contribution in [2.75, 3.05) is 18.0 Å². The third kappa shape index (κ3) is 4.19. The summed E-state index contributed by atoms with van der Waals surface area (Å²) >= 11 is 1.86. The predicted molar refractivity (Wildman–Crippen MR) is 91.0 cm³/mol. The normalized spacial score (nSPS) is 13.6. The van der Waals surface area contributed by atoms with Gasteiger partial charge in [-0.3, -0.25) is 0 Å². The number of thiazole rings is 1. The molecule has 20 heavy (non-hydrogen) atoms. The molecule has 1 aromatic heterocycles. The van der Waals surface area contributed by atoms with E-state index in [1.54, 1.807) is 0 Å². The van der Waals surface area contributed by atoms with Gasteiger partial charge in [0.25, 0.3) is 0 Å². The molecule has 1 N–H and O–H groups in total. The van der Waals surface area contributed by atoms with Gasteiger partial charge in [-0.1, -0.05) is 34.6 Å². The van der Waals surface area contributed by atoms with Gasteiger partial charge in [-0.15, -0.1) is 11.3 Å². The van der Waals surface area contributed by atoms with Gasteiger partial charge in [-0.25, -0.2) is 4.98 Å². The SMILES string of the molecule is CCNCc1sc(N(CC)C(C)CC)nc1C(C)(C)C. The Labute approximate surface area is 128 Å². The lowest BCUT2D eigenvalue weighted by molar-refractivity contribution is 0.557. The maximum atomic E-state index is 4.98. The second-order valence-corrected chi connectivity index (χ2v) is 7.40. The molecule has 0 aliphatic rings. The van der Waals surface area contributed by atoms with Crippen LogP contribution < -0.4 is 10.2 Å². The summed E-state index contributed by atoms with van der Waals surface area (Å²) in [5.74, 6) is 0. The van der Waals surface area contributed by atoms with Gasteiger partial charge in [-0.05, 0) is 26.8 Å². The van der Waals surface area contributed by atoms with E-state index in [1.807, 2.05) is 11.3 Å². The molecule has 0 bridgehead atoms. The van der Waals surface area contributed by atoms with Crippen LogP contribution in [-0.4, -0.2) is 24.1 Å². The van der Waals surface area contributed by atoms with Crippen molar-refractivity contribution in [3.63, 3.8) is 0 Å². The average Bonchev–Trinajstić information content (AvgIpc) is 2.80. The van der Waals surface area contributed by atoms with E-state index in [9.17, 15) is 0 Å². The molecule has 1 unspecified atom stereocenters. The number of anilines is 1. The number of hydrogen-bond donors (Lipinski definition) is 1. The molecule has 0 fully saturated rings. The summed E-state index contributed by atoms with van der Waals surface area (Å²) in [7, 11) is 0. The fraction of sp³-hybridized carbons (Fsp3) is 0.812. The van der Waals surface area contributed by atoms with E-state index in [2.05, 4.69) is 58.7 Å². The minimum Gasteiger partial charge on any atom is -0.346 e. The molecule has 0 saturated heterocycles. The van der Waals surface area contributed by atoms with Crippen LogP contribution in [0.3, 0.4) is 0 Å².